The predicted octanol–water partition coefficient (Wildman–Crippen LogP) is 5.86. The number of ether oxygens (including phenoxy) is 1. The zero-order valence-corrected chi connectivity index (χ0v) is 20.5. The topological polar surface area (TPSA) is 38.2 Å². The van der Waals surface area contributed by atoms with E-state index in [9.17, 15) is 4.39 Å². The van der Waals surface area contributed by atoms with E-state index in [2.05, 4.69) is 46.9 Å². The lowest BCUT2D eigenvalue weighted by atomic mass is 9.72. The number of pyridine rings is 2. The number of nitrogens with zero attached hydrogens (tertiary/aromatic N) is 3. The van der Waals surface area contributed by atoms with Gasteiger partial charge in [0.15, 0.2) is 5.13 Å². The maximum absolute atomic E-state index is 13.7. The smallest absolute Gasteiger partial charge is 0.176 e. The molecule has 2 atom stereocenters. The predicted molar refractivity (Wildman–Crippen MR) is 130 cm³/mol. The largest absolute Gasteiger partial charge is 0.373 e. The Morgan fingerprint density at radius 1 is 1.21 bits per heavy atom. The third-order valence-corrected chi connectivity index (χ3v) is 8.66. The monoisotopic (exact) mass is 465 g/mol. The third-order valence-electron chi connectivity index (χ3n) is 7.73. The lowest BCUT2D eigenvalue weighted by Crippen LogP contribution is -2.43. The molecule has 174 valence electrons. The van der Waals surface area contributed by atoms with Gasteiger partial charge < -0.3 is 4.74 Å². The number of thiophene rings is 1. The molecule has 6 heteroatoms. The fourth-order valence-electron chi connectivity index (χ4n) is 5.58. The quantitative estimate of drug-likeness (QED) is 0.457. The van der Waals surface area contributed by atoms with E-state index in [4.69, 9.17) is 4.74 Å². The van der Waals surface area contributed by atoms with E-state index in [-0.39, 0.29) is 22.2 Å². The van der Waals surface area contributed by atoms with Gasteiger partial charge in [-0.2, -0.15) is 4.39 Å². The van der Waals surface area contributed by atoms with Gasteiger partial charge in [-0.15, -0.1) is 11.3 Å². The summed E-state index contributed by atoms with van der Waals surface area (Å²) in [5.41, 5.74) is 4.69. The molecule has 1 fully saturated rings. The van der Waals surface area contributed by atoms with Crippen LogP contribution in [0.1, 0.15) is 60.1 Å². The number of aryl methyl sites for hydroxylation is 2. The van der Waals surface area contributed by atoms with Crippen molar-refractivity contribution in [3.63, 3.8) is 0 Å². The molecule has 5 rings (SSSR count). The van der Waals surface area contributed by atoms with Crippen LogP contribution in [-0.4, -0.2) is 34.6 Å². The molecular weight excluding hydrogens is 433 g/mol. The van der Waals surface area contributed by atoms with E-state index in [1.807, 2.05) is 31.6 Å². The summed E-state index contributed by atoms with van der Waals surface area (Å²) in [6, 6.07) is 9.96. The minimum atomic E-state index is -0.132. The molecule has 0 radical (unpaired) electrons. The first-order chi connectivity index (χ1) is 15.9. The van der Waals surface area contributed by atoms with E-state index in [1.54, 1.807) is 6.07 Å². The molecule has 2 aliphatic rings. The van der Waals surface area contributed by atoms with E-state index >= 15 is 0 Å². The minimum Gasteiger partial charge on any atom is -0.373 e. The van der Waals surface area contributed by atoms with Gasteiger partial charge in [-0.1, -0.05) is 6.07 Å². The van der Waals surface area contributed by atoms with Crippen LogP contribution in [0, 0.1) is 17.5 Å². The average molecular weight is 466 g/mol. The Morgan fingerprint density at radius 3 is 2.85 bits per heavy atom. The van der Waals surface area contributed by atoms with Crippen molar-refractivity contribution >= 4 is 11.3 Å². The molecule has 3 aromatic heterocycles. The summed E-state index contributed by atoms with van der Waals surface area (Å²) in [6.07, 6.45) is 9.74. The van der Waals surface area contributed by atoms with E-state index in [0.717, 1.165) is 56.0 Å². The third kappa shape index (κ3) is 4.36. The van der Waals surface area contributed by atoms with Gasteiger partial charge in [0.05, 0.1) is 12.7 Å². The lowest BCUT2D eigenvalue weighted by Gasteiger charge is -2.43. The molecule has 5 heterocycles. The number of hydrogen-bond donors (Lipinski definition) is 0. The highest BCUT2D eigenvalue weighted by molar-refractivity contribution is 7.10. The molecule has 0 spiro atoms. The molecule has 4 nitrogen and oxygen atoms in total. The summed E-state index contributed by atoms with van der Waals surface area (Å²) in [7, 11) is 0. The lowest BCUT2D eigenvalue weighted by molar-refractivity contribution is -0.0562. The number of rotatable bonds is 6. The van der Waals surface area contributed by atoms with Crippen LogP contribution in [0.15, 0.2) is 48.9 Å². The molecule has 0 aliphatic carbocycles. The average Bonchev–Trinajstić information content (AvgIpc) is 3.45. The maximum atomic E-state index is 13.7. The first-order valence-corrected chi connectivity index (χ1v) is 12.7. The molecule has 0 amide bonds. The van der Waals surface area contributed by atoms with Crippen LogP contribution < -0.4 is 0 Å². The maximum Gasteiger partial charge on any atom is 0.176 e. The van der Waals surface area contributed by atoms with Crippen LogP contribution >= 0.6 is 11.3 Å². The van der Waals surface area contributed by atoms with Gasteiger partial charge in [-0.3, -0.25) is 14.9 Å². The molecule has 0 aromatic carbocycles. The summed E-state index contributed by atoms with van der Waals surface area (Å²) >= 11 is 1.27. The zero-order valence-electron chi connectivity index (χ0n) is 19.7. The van der Waals surface area contributed by atoms with Crippen LogP contribution in [0.3, 0.4) is 0 Å². The van der Waals surface area contributed by atoms with Gasteiger partial charge in [0.1, 0.15) is 0 Å². The van der Waals surface area contributed by atoms with Crippen LogP contribution in [0.25, 0.3) is 0 Å². The second kappa shape index (κ2) is 8.90. The zero-order chi connectivity index (χ0) is 23.1. The van der Waals surface area contributed by atoms with Crippen LogP contribution in [0.5, 0.6) is 0 Å². The number of fused-ring (bicyclic) bond motifs is 1. The Hall–Kier alpha value is -2.15. The molecular formula is C27H32FN3OS. The summed E-state index contributed by atoms with van der Waals surface area (Å²) in [6.45, 7) is 9.28. The summed E-state index contributed by atoms with van der Waals surface area (Å²) in [4.78, 5) is 12.6. The van der Waals surface area contributed by atoms with Gasteiger partial charge in [-0.05, 0) is 94.0 Å². The van der Waals surface area contributed by atoms with Gasteiger partial charge in [0.2, 0.25) is 0 Å². The second-order valence-corrected chi connectivity index (χ2v) is 11.2. The normalized spacial score (nSPS) is 23.6. The molecule has 1 unspecified atom stereocenters. The van der Waals surface area contributed by atoms with E-state index < -0.39 is 0 Å². The second-order valence-electron chi connectivity index (χ2n) is 10.1. The summed E-state index contributed by atoms with van der Waals surface area (Å²) in [5, 5.41) is -0.106. The van der Waals surface area contributed by atoms with Crippen molar-refractivity contribution in [2.45, 2.75) is 58.1 Å². The Bertz CT molecular complexity index is 1110. The van der Waals surface area contributed by atoms with Crippen molar-refractivity contribution in [1.82, 2.24) is 14.9 Å². The van der Waals surface area contributed by atoms with Crippen molar-refractivity contribution in [2.75, 3.05) is 19.7 Å². The van der Waals surface area contributed by atoms with Gasteiger partial charge in [-0.25, -0.2) is 0 Å². The van der Waals surface area contributed by atoms with Crippen molar-refractivity contribution in [1.29, 1.82) is 0 Å². The standard InChI is InChI=1S/C27H32FN3OS/c1-19-4-5-21(17-30-19)26(2,3)31-14-12-27(18-31,11-8-22-6-7-24(28)33-22)25-23-9-13-29-16-20(23)10-15-32-25/h4-7,9,13,16-17,25H,8,10-12,14-15,18H2,1-3H3/t25?,27-/m1/s1. The fraction of sp³-hybridized carbons (Fsp3) is 0.481. The minimum absolute atomic E-state index is 0.0333. The number of likely N-dealkylation sites (tertiary alicyclic amines) is 1. The van der Waals surface area contributed by atoms with Crippen molar-refractivity contribution < 1.29 is 9.13 Å². The molecule has 0 saturated carbocycles. The molecule has 3 aromatic rings. The Labute approximate surface area is 199 Å². The van der Waals surface area contributed by atoms with Crippen LogP contribution in [-0.2, 0) is 23.1 Å². The Morgan fingerprint density at radius 2 is 2.09 bits per heavy atom. The number of hydrogen-bond acceptors (Lipinski definition) is 5. The first-order valence-electron chi connectivity index (χ1n) is 11.8. The summed E-state index contributed by atoms with van der Waals surface area (Å²) in [5.74, 6) is 0. The van der Waals surface area contributed by atoms with Crippen LogP contribution in [0.2, 0.25) is 0 Å². The molecule has 0 N–H and O–H groups in total. The number of aromatic nitrogens is 2. The van der Waals surface area contributed by atoms with Crippen molar-refractivity contribution in [3.05, 3.63) is 81.3 Å². The Kier molecular flexibility index (Phi) is 6.10. The highest BCUT2D eigenvalue weighted by Gasteiger charge is 2.50. The van der Waals surface area contributed by atoms with Crippen LogP contribution in [0.4, 0.5) is 4.39 Å². The number of halogens is 1. The molecule has 0 bridgehead atoms. The molecule has 1 saturated heterocycles. The fourth-order valence-corrected chi connectivity index (χ4v) is 6.31. The molecule has 2 aliphatic heterocycles. The van der Waals surface area contributed by atoms with E-state index in [1.165, 1.54) is 28.0 Å². The van der Waals surface area contributed by atoms with Crippen molar-refractivity contribution in [3.8, 4) is 0 Å². The molecule has 33 heavy (non-hydrogen) atoms. The SMILES string of the molecule is Cc1ccc(C(C)(C)N2CC[C@@](CCc3ccc(F)s3)(C3OCCc4cnccc43)C2)cn1. The first kappa shape index (κ1) is 22.6. The van der Waals surface area contributed by atoms with Crippen molar-refractivity contribution in [2.24, 2.45) is 5.41 Å². The highest BCUT2D eigenvalue weighted by Crippen LogP contribution is 2.52. The van der Waals surface area contributed by atoms with Gasteiger partial charge in [0.25, 0.3) is 0 Å². The summed E-state index contributed by atoms with van der Waals surface area (Å²) < 4.78 is 20.2. The van der Waals surface area contributed by atoms with Gasteiger partial charge in [0, 0.05) is 46.7 Å². The Balaban J connectivity index is 1.47. The van der Waals surface area contributed by atoms with E-state index in [0.29, 0.717) is 0 Å². The van der Waals surface area contributed by atoms with Gasteiger partial charge >= 0.3 is 0 Å². The highest BCUT2D eigenvalue weighted by atomic mass is 32.1.